The van der Waals surface area contributed by atoms with Crippen molar-refractivity contribution in [3.8, 4) is 11.4 Å². The van der Waals surface area contributed by atoms with Gasteiger partial charge in [-0.25, -0.2) is 0 Å². The second kappa shape index (κ2) is 8.71. The Hall–Kier alpha value is -2.12. The Morgan fingerprint density at radius 2 is 2.07 bits per heavy atom. The number of thioether (sulfide) groups is 1. The highest BCUT2D eigenvalue weighted by atomic mass is 32.2. The van der Waals surface area contributed by atoms with Gasteiger partial charge in [0.25, 0.3) is 0 Å². The number of anilines is 1. The van der Waals surface area contributed by atoms with E-state index in [4.69, 9.17) is 0 Å². The molecule has 1 amide bonds. The van der Waals surface area contributed by atoms with E-state index in [9.17, 15) is 4.79 Å². The third kappa shape index (κ3) is 4.78. The van der Waals surface area contributed by atoms with Gasteiger partial charge in [-0.3, -0.25) is 4.79 Å². The minimum Gasteiger partial charge on any atom is -0.325 e. The molecule has 0 aliphatic rings. The van der Waals surface area contributed by atoms with Gasteiger partial charge < -0.3 is 9.88 Å². The molecular weight excluding hydrogens is 376 g/mol. The number of aryl methyl sites for hydroxylation is 3. The number of nitrogens with zero attached hydrogens (tertiary/aromatic N) is 3. The van der Waals surface area contributed by atoms with Gasteiger partial charge in [-0.15, -0.1) is 21.5 Å². The van der Waals surface area contributed by atoms with Crippen LogP contribution in [-0.4, -0.2) is 26.4 Å². The highest BCUT2D eigenvalue weighted by Gasteiger charge is 2.14. The van der Waals surface area contributed by atoms with Crippen LogP contribution < -0.4 is 5.32 Å². The van der Waals surface area contributed by atoms with Crippen LogP contribution in [0.4, 0.5) is 5.69 Å². The molecule has 3 aromatic rings. The fourth-order valence-corrected chi connectivity index (χ4v) is 4.52. The van der Waals surface area contributed by atoms with E-state index in [0.29, 0.717) is 5.75 Å². The summed E-state index contributed by atoms with van der Waals surface area (Å²) in [6, 6.07) is 8.18. The Morgan fingerprint density at radius 3 is 2.81 bits per heavy atom. The minimum absolute atomic E-state index is 0.0442. The van der Waals surface area contributed by atoms with Crippen LogP contribution in [0.1, 0.15) is 29.3 Å². The van der Waals surface area contributed by atoms with Gasteiger partial charge in [-0.2, -0.15) is 0 Å². The number of carbonyl (C=O) groups excluding carboxylic acids is 1. The second-order valence-corrected chi connectivity index (χ2v) is 8.51. The first-order chi connectivity index (χ1) is 13.0. The van der Waals surface area contributed by atoms with E-state index in [2.05, 4.69) is 40.0 Å². The lowest BCUT2D eigenvalue weighted by molar-refractivity contribution is -0.113. The molecule has 0 saturated heterocycles. The van der Waals surface area contributed by atoms with E-state index >= 15 is 0 Å². The van der Waals surface area contributed by atoms with E-state index in [0.717, 1.165) is 40.6 Å². The Labute approximate surface area is 168 Å². The van der Waals surface area contributed by atoms with Crippen LogP contribution in [-0.2, 0) is 18.3 Å². The quantitative estimate of drug-likeness (QED) is 0.576. The first kappa shape index (κ1) is 19.6. The van der Waals surface area contributed by atoms with Gasteiger partial charge in [-0.05, 0) is 38.0 Å². The van der Waals surface area contributed by atoms with Crippen LogP contribution in [0, 0.1) is 13.8 Å². The topological polar surface area (TPSA) is 59.8 Å². The highest BCUT2D eigenvalue weighted by molar-refractivity contribution is 7.99. The first-order valence-corrected chi connectivity index (χ1v) is 10.8. The molecule has 0 aliphatic heterocycles. The maximum Gasteiger partial charge on any atom is 0.234 e. The number of hydrogen-bond acceptors (Lipinski definition) is 5. The van der Waals surface area contributed by atoms with Crippen molar-refractivity contribution in [2.24, 2.45) is 7.05 Å². The smallest absolute Gasteiger partial charge is 0.234 e. The third-order valence-corrected chi connectivity index (χ3v) is 6.25. The zero-order valence-electron chi connectivity index (χ0n) is 16.1. The fourth-order valence-electron chi connectivity index (χ4n) is 2.84. The number of rotatable bonds is 7. The van der Waals surface area contributed by atoms with E-state index < -0.39 is 0 Å². The van der Waals surface area contributed by atoms with Gasteiger partial charge in [0.05, 0.1) is 5.75 Å². The molecular formula is C20H24N4OS2. The van der Waals surface area contributed by atoms with Crippen molar-refractivity contribution in [3.05, 3.63) is 45.6 Å². The summed E-state index contributed by atoms with van der Waals surface area (Å²) in [7, 11) is 1.94. The van der Waals surface area contributed by atoms with Crippen molar-refractivity contribution in [2.45, 2.75) is 38.8 Å². The summed E-state index contributed by atoms with van der Waals surface area (Å²) in [6.45, 7) is 6.22. The summed E-state index contributed by atoms with van der Waals surface area (Å²) in [6.07, 6.45) is 2.22. The molecule has 0 fully saturated rings. The normalized spacial score (nSPS) is 11.0. The third-order valence-electron chi connectivity index (χ3n) is 4.23. The van der Waals surface area contributed by atoms with Crippen LogP contribution in [0.2, 0.25) is 0 Å². The van der Waals surface area contributed by atoms with Crippen molar-refractivity contribution in [2.75, 3.05) is 11.1 Å². The van der Waals surface area contributed by atoms with Crippen molar-refractivity contribution in [3.63, 3.8) is 0 Å². The van der Waals surface area contributed by atoms with Crippen molar-refractivity contribution in [1.29, 1.82) is 0 Å². The Bertz CT molecular complexity index is 945. The van der Waals surface area contributed by atoms with Gasteiger partial charge in [0.15, 0.2) is 11.0 Å². The molecule has 0 atom stereocenters. The van der Waals surface area contributed by atoms with Crippen molar-refractivity contribution >= 4 is 34.7 Å². The van der Waals surface area contributed by atoms with Crippen LogP contribution in [0.5, 0.6) is 0 Å². The molecule has 0 bridgehead atoms. The van der Waals surface area contributed by atoms with E-state index in [1.165, 1.54) is 22.2 Å². The molecule has 1 aromatic carbocycles. The van der Waals surface area contributed by atoms with Gasteiger partial charge in [0, 0.05) is 28.6 Å². The van der Waals surface area contributed by atoms with Gasteiger partial charge in [0.1, 0.15) is 0 Å². The number of hydrogen-bond donors (Lipinski definition) is 1. The number of aromatic nitrogens is 3. The molecule has 5 nitrogen and oxygen atoms in total. The number of benzene rings is 1. The largest absolute Gasteiger partial charge is 0.325 e. The number of nitrogens with one attached hydrogen (secondary N) is 1. The summed E-state index contributed by atoms with van der Waals surface area (Å²) >= 11 is 3.15. The lowest BCUT2D eigenvalue weighted by atomic mass is 10.1. The maximum atomic E-state index is 12.3. The average molecular weight is 401 g/mol. The molecule has 0 unspecified atom stereocenters. The Balaban J connectivity index is 1.62. The SMILES string of the molecule is CCCc1cc(-c2nnc(SCC(=O)Nc3ccc(C)cc3C)n2C)cs1. The van der Waals surface area contributed by atoms with Gasteiger partial charge in [-0.1, -0.05) is 42.8 Å². The molecule has 0 saturated carbocycles. The van der Waals surface area contributed by atoms with Crippen LogP contribution >= 0.6 is 23.1 Å². The predicted molar refractivity (Wildman–Crippen MR) is 114 cm³/mol. The summed E-state index contributed by atoms with van der Waals surface area (Å²) < 4.78 is 1.95. The molecule has 2 heterocycles. The molecule has 0 aliphatic carbocycles. The van der Waals surface area contributed by atoms with Crippen molar-refractivity contribution in [1.82, 2.24) is 14.8 Å². The molecule has 27 heavy (non-hydrogen) atoms. The summed E-state index contributed by atoms with van der Waals surface area (Å²) in [5.41, 5.74) is 4.19. The van der Waals surface area contributed by atoms with E-state index in [1.54, 1.807) is 11.3 Å². The van der Waals surface area contributed by atoms with Crippen molar-refractivity contribution < 1.29 is 4.79 Å². The molecule has 1 N–H and O–H groups in total. The fraction of sp³-hybridized carbons (Fsp3) is 0.350. The predicted octanol–water partition coefficient (Wildman–Crippen LogP) is 4.84. The number of carbonyl (C=O) groups is 1. The van der Waals surface area contributed by atoms with Gasteiger partial charge >= 0.3 is 0 Å². The Kier molecular flexibility index (Phi) is 6.34. The van der Waals surface area contributed by atoms with E-state index in [1.807, 2.05) is 37.6 Å². The molecule has 3 rings (SSSR count). The number of thiophene rings is 1. The lowest BCUT2D eigenvalue weighted by Gasteiger charge is -2.09. The first-order valence-electron chi connectivity index (χ1n) is 8.95. The summed E-state index contributed by atoms with van der Waals surface area (Å²) in [5, 5.41) is 14.4. The number of amides is 1. The van der Waals surface area contributed by atoms with Crippen LogP contribution in [0.15, 0.2) is 34.8 Å². The average Bonchev–Trinajstić information content (AvgIpc) is 3.22. The maximum absolute atomic E-state index is 12.3. The molecule has 0 spiro atoms. The van der Waals surface area contributed by atoms with Gasteiger partial charge in [0.2, 0.25) is 5.91 Å². The van der Waals surface area contributed by atoms with Crippen LogP contribution in [0.3, 0.4) is 0 Å². The van der Waals surface area contributed by atoms with E-state index in [-0.39, 0.29) is 5.91 Å². The summed E-state index contributed by atoms with van der Waals surface area (Å²) in [4.78, 5) is 13.7. The lowest BCUT2D eigenvalue weighted by Crippen LogP contribution is -2.15. The standard InChI is InChI=1S/C20H24N4OS2/c1-5-6-16-10-15(11-26-16)19-22-23-20(24(19)4)27-12-18(25)21-17-8-7-13(2)9-14(17)3/h7-11H,5-6,12H2,1-4H3,(H,21,25). The molecule has 142 valence electrons. The van der Waals surface area contributed by atoms with Crippen LogP contribution in [0.25, 0.3) is 11.4 Å². The second-order valence-electron chi connectivity index (χ2n) is 6.57. The summed E-state index contributed by atoms with van der Waals surface area (Å²) in [5.74, 6) is 1.09. The highest BCUT2D eigenvalue weighted by Crippen LogP contribution is 2.27. The Morgan fingerprint density at radius 1 is 1.26 bits per heavy atom. The minimum atomic E-state index is -0.0442. The zero-order chi connectivity index (χ0) is 19.4. The zero-order valence-corrected chi connectivity index (χ0v) is 17.7. The molecule has 2 aromatic heterocycles. The molecule has 7 heteroatoms. The molecule has 0 radical (unpaired) electrons. The monoisotopic (exact) mass is 400 g/mol.